The molecular weight excluding hydrogens is 250 g/mol. The number of methoxy groups -OCH3 is 1. The second kappa shape index (κ2) is 5.81. The standard InChI is InChI=1S/C17H21NO2/c1-20-17-8-4-7-15(17)18-11-14-13-6-3-2-5-12(13)9-10-16(14)19/h2-3,5-6,9-10,15,17-19H,4,7-8,11H2,1H3. The van der Waals surface area contributed by atoms with Crippen LogP contribution in [0.15, 0.2) is 36.4 Å². The lowest BCUT2D eigenvalue weighted by molar-refractivity contribution is 0.0847. The van der Waals surface area contributed by atoms with E-state index in [2.05, 4.69) is 17.4 Å². The Morgan fingerprint density at radius 2 is 2.05 bits per heavy atom. The van der Waals surface area contributed by atoms with Gasteiger partial charge in [-0.2, -0.15) is 0 Å². The number of ether oxygens (including phenoxy) is 1. The third-order valence-corrected chi connectivity index (χ3v) is 4.31. The molecule has 0 heterocycles. The van der Waals surface area contributed by atoms with Gasteiger partial charge in [0, 0.05) is 25.3 Å². The maximum absolute atomic E-state index is 10.1. The van der Waals surface area contributed by atoms with Crippen LogP contribution in [0.5, 0.6) is 5.75 Å². The fourth-order valence-electron chi connectivity index (χ4n) is 3.19. The van der Waals surface area contributed by atoms with Gasteiger partial charge in [0.25, 0.3) is 0 Å². The lowest BCUT2D eigenvalue weighted by atomic mass is 10.0. The minimum Gasteiger partial charge on any atom is -0.508 e. The molecule has 0 aliphatic heterocycles. The molecule has 0 amide bonds. The fourth-order valence-corrected chi connectivity index (χ4v) is 3.19. The Balaban J connectivity index is 1.82. The first kappa shape index (κ1) is 13.4. The lowest BCUT2D eigenvalue weighted by Gasteiger charge is -2.20. The highest BCUT2D eigenvalue weighted by Crippen LogP contribution is 2.28. The Labute approximate surface area is 119 Å². The van der Waals surface area contributed by atoms with Crippen molar-refractivity contribution >= 4 is 10.8 Å². The molecule has 3 rings (SSSR count). The molecule has 1 aliphatic rings. The highest BCUT2D eigenvalue weighted by Gasteiger charge is 2.26. The van der Waals surface area contributed by atoms with Crippen molar-refractivity contribution in [1.29, 1.82) is 0 Å². The molecule has 1 saturated carbocycles. The van der Waals surface area contributed by atoms with Crippen molar-refractivity contribution in [2.24, 2.45) is 0 Å². The third kappa shape index (κ3) is 2.51. The van der Waals surface area contributed by atoms with Crippen LogP contribution in [0.1, 0.15) is 24.8 Å². The zero-order valence-electron chi connectivity index (χ0n) is 11.8. The van der Waals surface area contributed by atoms with Gasteiger partial charge < -0.3 is 15.2 Å². The number of phenols is 1. The van der Waals surface area contributed by atoms with Crippen LogP contribution in [0.25, 0.3) is 10.8 Å². The largest absolute Gasteiger partial charge is 0.508 e. The Kier molecular flexibility index (Phi) is 3.90. The van der Waals surface area contributed by atoms with E-state index in [1.807, 2.05) is 18.2 Å². The monoisotopic (exact) mass is 271 g/mol. The summed E-state index contributed by atoms with van der Waals surface area (Å²) in [6.45, 7) is 0.678. The molecule has 2 unspecified atom stereocenters. The summed E-state index contributed by atoms with van der Waals surface area (Å²) < 4.78 is 5.50. The minimum atomic E-state index is 0.298. The highest BCUT2D eigenvalue weighted by atomic mass is 16.5. The minimum absolute atomic E-state index is 0.298. The van der Waals surface area contributed by atoms with Crippen molar-refractivity contribution < 1.29 is 9.84 Å². The first-order chi connectivity index (χ1) is 9.79. The van der Waals surface area contributed by atoms with Crippen molar-refractivity contribution in [3.8, 4) is 5.75 Å². The summed E-state index contributed by atoms with van der Waals surface area (Å²) in [4.78, 5) is 0. The zero-order valence-corrected chi connectivity index (χ0v) is 11.8. The number of aromatic hydroxyl groups is 1. The molecular formula is C17H21NO2. The lowest BCUT2D eigenvalue weighted by Crippen LogP contribution is -2.36. The first-order valence-electron chi connectivity index (χ1n) is 7.25. The molecule has 0 radical (unpaired) electrons. The molecule has 0 saturated heterocycles. The molecule has 1 fully saturated rings. The van der Waals surface area contributed by atoms with E-state index >= 15 is 0 Å². The molecule has 2 atom stereocenters. The third-order valence-electron chi connectivity index (χ3n) is 4.31. The topological polar surface area (TPSA) is 41.5 Å². The second-order valence-corrected chi connectivity index (χ2v) is 5.48. The van der Waals surface area contributed by atoms with Gasteiger partial charge in [-0.1, -0.05) is 30.3 Å². The SMILES string of the molecule is COC1CCCC1NCc1c(O)ccc2ccccc12. The van der Waals surface area contributed by atoms with Crippen LogP contribution in [0, 0.1) is 0 Å². The van der Waals surface area contributed by atoms with Crippen LogP contribution in [0.2, 0.25) is 0 Å². The number of rotatable bonds is 4. The molecule has 3 nitrogen and oxygen atoms in total. The van der Waals surface area contributed by atoms with Gasteiger partial charge in [0.15, 0.2) is 0 Å². The molecule has 2 aromatic carbocycles. The average molecular weight is 271 g/mol. The smallest absolute Gasteiger partial charge is 0.120 e. The first-order valence-corrected chi connectivity index (χ1v) is 7.25. The van der Waals surface area contributed by atoms with Gasteiger partial charge in [-0.3, -0.25) is 0 Å². The van der Waals surface area contributed by atoms with E-state index in [1.165, 1.54) is 6.42 Å². The summed E-state index contributed by atoms with van der Waals surface area (Å²) in [6.07, 6.45) is 3.77. The quantitative estimate of drug-likeness (QED) is 0.897. The number of benzene rings is 2. The number of hydrogen-bond donors (Lipinski definition) is 2. The van der Waals surface area contributed by atoms with Crippen LogP contribution in [-0.4, -0.2) is 24.4 Å². The van der Waals surface area contributed by atoms with Gasteiger partial charge in [0.05, 0.1) is 6.10 Å². The van der Waals surface area contributed by atoms with Crippen LogP contribution < -0.4 is 5.32 Å². The van der Waals surface area contributed by atoms with Crippen molar-refractivity contribution in [2.45, 2.75) is 38.0 Å². The van der Waals surface area contributed by atoms with Gasteiger partial charge in [0.2, 0.25) is 0 Å². The van der Waals surface area contributed by atoms with Crippen molar-refractivity contribution in [2.75, 3.05) is 7.11 Å². The number of fused-ring (bicyclic) bond motifs is 1. The summed E-state index contributed by atoms with van der Waals surface area (Å²) in [5.41, 5.74) is 0.977. The van der Waals surface area contributed by atoms with Crippen LogP contribution >= 0.6 is 0 Å². The summed E-state index contributed by atoms with van der Waals surface area (Å²) >= 11 is 0. The second-order valence-electron chi connectivity index (χ2n) is 5.48. The summed E-state index contributed by atoms with van der Waals surface area (Å²) in [5, 5.41) is 16.0. The van der Waals surface area contributed by atoms with Gasteiger partial charge in [-0.25, -0.2) is 0 Å². The van der Waals surface area contributed by atoms with E-state index in [1.54, 1.807) is 13.2 Å². The van der Waals surface area contributed by atoms with E-state index in [9.17, 15) is 5.11 Å². The Morgan fingerprint density at radius 3 is 2.90 bits per heavy atom. The Morgan fingerprint density at radius 1 is 1.20 bits per heavy atom. The van der Waals surface area contributed by atoms with Gasteiger partial charge >= 0.3 is 0 Å². The predicted octanol–water partition coefficient (Wildman–Crippen LogP) is 3.20. The van der Waals surface area contributed by atoms with E-state index in [4.69, 9.17) is 4.74 Å². The van der Waals surface area contributed by atoms with Gasteiger partial charge in [0.1, 0.15) is 5.75 Å². The molecule has 2 N–H and O–H groups in total. The maximum atomic E-state index is 10.1. The van der Waals surface area contributed by atoms with Crippen LogP contribution in [-0.2, 0) is 11.3 Å². The van der Waals surface area contributed by atoms with Gasteiger partial charge in [-0.05, 0) is 36.1 Å². The number of phenolic OH excluding ortho intramolecular Hbond substituents is 1. The molecule has 0 bridgehead atoms. The molecule has 20 heavy (non-hydrogen) atoms. The van der Waals surface area contributed by atoms with E-state index in [0.29, 0.717) is 24.4 Å². The predicted molar refractivity (Wildman–Crippen MR) is 80.9 cm³/mol. The summed E-state index contributed by atoms with van der Waals surface area (Å²) in [6, 6.07) is 12.3. The molecule has 2 aromatic rings. The molecule has 1 aliphatic carbocycles. The fraction of sp³-hybridized carbons (Fsp3) is 0.412. The highest BCUT2D eigenvalue weighted by molar-refractivity contribution is 5.87. The number of hydrogen-bond acceptors (Lipinski definition) is 3. The van der Waals surface area contributed by atoms with Gasteiger partial charge in [-0.15, -0.1) is 0 Å². The van der Waals surface area contributed by atoms with E-state index < -0.39 is 0 Å². The normalized spacial score (nSPS) is 22.4. The van der Waals surface area contributed by atoms with Crippen molar-refractivity contribution in [3.63, 3.8) is 0 Å². The molecule has 0 aromatic heterocycles. The average Bonchev–Trinajstić information content (AvgIpc) is 2.94. The van der Waals surface area contributed by atoms with Crippen molar-refractivity contribution in [1.82, 2.24) is 5.32 Å². The van der Waals surface area contributed by atoms with Crippen LogP contribution in [0.3, 0.4) is 0 Å². The van der Waals surface area contributed by atoms with Crippen molar-refractivity contribution in [3.05, 3.63) is 42.0 Å². The molecule has 3 heteroatoms. The van der Waals surface area contributed by atoms with E-state index in [-0.39, 0.29) is 0 Å². The molecule has 106 valence electrons. The Hall–Kier alpha value is -1.58. The number of nitrogens with one attached hydrogen (secondary N) is 1. The zero-order chi connectivity index (χ0) is 13.9. The molecule has 0 spiro atoms. The van der Waals surface area contributed by atoms with Crippen LogP contribution in [0.4, 0.5) is 0 Å². The summed E-state index contributed by atoms with van der Waals surface area (Å²) in [7, 11) is 1.78. The van der Waals surface area contributed by atoms with E-state index in [0.717, 1.165) is 29.2 Å². The maximum Gasteiger partial charge on any atom is 0.120 e. The Bertz CT molecular complexity index is 597. The summed E-state index contributed by atoms with van der Waals surface area (Å²) in [5.74, 6) is 0.364.